The van der Waals surface area contributed by atoms with E-state index >= 15 is 0 Å². The lowest BCUT2D eigenvalue weighted by Crippen LogP contribution is -1.90. The fourth-order valence-electron chi connectivity index (χ4n) is 1.88. The van der Waals surface area contributed by atoms with Gasteiger partial charge in [0.05, 0.1) is 4.91 Å². The van der Waals surface area contributed by atoms with Gasteiger partial charge in [-0.15, -0.1) is 11.3 Å². The molecule has 0 spiro atoms. The molecular weight excluding hydrogens is 286 g/mol. The number of benzene rings is 1. The second kappa shape index (κ2) is 5.38. The van der Waals surface area contributed by atoms with Gasteiger partial charge in [0, 0.05) is 10.4 Å². The van der Waals surface area contributed by atoms with E-state index < -0.39 is 0 Å². The summed E-state index contributed by atoms with van der Waals surface area (Å²) in [5, 5.41) is 2.82. The molecule has 1 aliphatic rings. The molecule has 2 nitrogen and oxygen atoms in total. The number of carbonyl (C=O) groups excluding carboxylic acids is 1. The monoisotopic (exact) mass is 299 g/mol. The number of rotatable bonds is 2. The van der Waals surface area contributed by atoms with Crippen molar-refractivity contribution in [3.63, 3.8) is 0 Å². The van der Waals surface area contributed by atoms with Crippen molar-refractivity contribution < 1.29 is 4.79 Å². The quantitative estimate of drug-likeness (QED) is 0.768. The van der Waals surface area contributed by atoms with Crippen LogP contribution in [0.4, 0.5) is 0 Å². The van der Waals surface area contributed by atoms with Gasteiger partial charge in [-0.05, 0) is 36.9 Å². The van der Waals surface area contributed by atoms with Gasteiger partial charge in [0.2, 0.25) is 0 Å². The number of amides is 1. The zero-order valence-corrected chi connectivity index (χ0v) is 12.8. The predicted octanol–water partition coefficient (Wildman–Crippen LogP) is 4.43. The molecule has 0 saturated heterocycles. The molecule has 1 aromatic heterocycles. The summed E-state index contributed by atoms with van der Waals surface area (Å²) in [7, 11) is 0. The minimum atomic E-state index is -0.140. The van der Waals surface area contributed by atoms with Crippen LogP contribution in [-0.2, 0) is 4.79 Å². The van der Waals surface area contributed by atoms with Crippen molar-refractivity contribution in [3.05, 3.63) is 62.2 Å². The molecule has 20 heavy (non-hydrogen) atoms. The van der Waals surface area contributed by atoms with E-state index in [2.05, 4.69) is 18.0 Å². The molecule has 0 N–H and O–H groups in total. The summed E-state index contributed by atoms with van der Waals surface area (Å²) in [5.41, 5.74) is 3.40. The highest BCUT2D eigenvalue weighted by molar-refractivity contribution is 8.19. The second-order valence-electron chi connectivity index (χ2n) is 4.67. The lowest BCUT2D eigenvalue weighted by molar-refractivity contribution is -0.113. The molecule has 3 rings (SSSR count). The molecule has 100 valence electrons. The van der Waals surface area contributed by atoms with E-state index in [1.165, 1.54) is 22.9 Å². The van der Waals surface area contributed by atoms with Crippen molar-refractivity contribution in [1.29, 1.82) is 0 Å². The highest BCUT2D eigenvalue weighted by Crippen LogP contribution is 2.33. The molecule has 0 unspecified atom stereocenters. The van der Waals surface area contributed by atoms with Crippen LogP contribution in [0.25, 0.3) is 6.08 Å². The Morgan fingerprint density at radius 3 is 2.50 bits per heavy atom. The Kier molecular flexibility index (Phi) is 3.59. The maximum absolute atomic E-state index is 12.0. The van der Waals surface area contributed by atoms with Gasteiger partial charge in [-0.1, -0.05) is 41.6 Å². The molecule has 1 amide bonds. The average molecular weight is 299 g/mol. The van der Waals surface area contributed by atoms with Crippen LogP contribution in [-0.4, -0.2) is 11.0 Å². The Balaban J connectivity index is 1.87. The van der Waals surface area contributed by atoms with E-state index in [4.69, 9.17) is 0 Å². The number of thioether (sulfide) groups is 1. The Morgan fingerprint density at radius 1 is 1.10 bits per heavy atom. The number of nitrogens with zero attached hydrogens (tertiary/aromatic N) is 1. The Morgan fingerprint density at radius 2 is 1.85 bits per heavy atom. The van der Waals surface area contributed by atoms with Gasteiger partial charge in [0.25, 0.3) is 5.91 Å². The molecular formula is C16H13NOS2. The lowest BCUT2D eigenvalue weighted by atomic mass is 10.2. The summed E-state index contributed by atoms with van der Waals surface area (Å²) in [6.45, 7) is 4.10. The van der Waals surface area contributed by atoms with Crippen LogP contribution >= 0.6 is 23.1 Å². The summed E-state index contributed by atoms with van der Waals surface area (Å²) in [6, 6.07) is 10.1. The minimum Gasteiger partial charge on any atom is -0.266 e. The number of carbonyl (C=O) groups is 1. The number of aryl methyl sites for hydroxylation is 2. The van der Waals surface area contributed by atoms with E-state index in [0.29, 0.717) is 4.91 Å². The van der Waals surface area contributed by atoms with Crippen molar-refractivity contribution in [2.24, 2.45) is 4.99 Å². The van der Waals surface area contributed by atoms with Crippen molar-refractivity contribution in [2.45, 2.75) is 13.8 Å². The maximum atomic E-state index is 12.0. The fourth-order valence-corrected chi connectivity index (χ4v) is 3.71. The van der Waals surface area contributed by atoms with E-state index in [1.54, 1.807) is 11.3 Å². The van der Waals surface area contributed by atoms with Gasteiger partial charge in [-0.3, -0.25) is 4.79 Å². The molecule has 0 aliphatic carbocycles. The van der Waals surface area contributed by atoms with Gasteiger partial charge in [-0.2, -0.15) is 0 Å². The van der Waals surface area contributed by atoms with E-state index in [-0.39, 0.29) is 5.91 Å². The van der Waals surface area contributed by atoms with Gasteiger partial charge in [-0.25, -0.2) is 4.99 Å². The largest absolute Gasteiger partial charge is 0.284 e. The van der Waals surface area contributed by atoms with Gasteiger partial charge < -0.3 is 0 Å². The smallest absolute Gasteiger partial charge is 0.266 e. The van der Waals surface area contributed by atoms with Gasteiger partial charge >= 0.3 is 0 Å². The topological polar surface area (TPSA) is 29.4 Å². The number of hydrogen-bond donors (Lipinski definition) is 0. The lowest BCUT2D eigenvalue weighted by Gasteiger charge is -1.99. The van der Waals surface area contributed by atoms with Crippen molar-refractivity contribution in [2.75, 3.05) is 0 Å². The van der Waals surface area contributed by atoms with Crippen molar-refractivity contribution in [3.8, 4) is 0 Å². The van der Waals surface area contributed by atoms with Crippen LogP contribution in [0, 0.1) is 13.8 Å². The number of aliphatic imine (C=N–C) groups is 1. The summed E-state index contributed by atoms with van der Waals surface area (Å²) >= 11 is 3.10. The molecule has 0 atom stereocenters. The predicted molar refractivity (Wildman–Crippen MR) is 87.3 cm³/mol. The van der Waals surface area contributed by atoms with Crippen molar-refractivity contribution in [1.82, 2.24) is 0 Å². The standard InChI is InChI=1S/C16H13NOS2/c1-10-3-5-12(6-4-10)16-17-15(18)14(20-16)9-13-11(2)7-8-19-13/h3-9H,1-2H3. The Hall–Kier alpha value is -1.65. The highest BCUT2D eigenvalue weighted by atomic mass is 32.2. The first-order chi connectivity index (χ1) is 9.63. The Labute approximate surface area is 126 Å². The molecule has 2 aromatic rings. The summed E-state index contributed by atoms with van der Waals surface area (Å²) < 4.78 is 0. The molecule has 4 heteroatoms. The molecule has 0 fully saturated rings. The van der Waals surface area contributed by atoms with Crippen LogP contribution in [0.1, 0.15) is 21.6 Å². The van der Waals surface area contributed by atoms with Gasteiger partial charge in [0.15, 0.2) is 0 Å². The molecule has 0 radical (unpaired) electrons. The third-order valence-corrected chi connectivity index (χ3v) is 5.08. The highest BCUT2D eigenvalue weighted by Gasteiger charge is 2.23. The molecule has 0 bridgehead atoms. The molecule has 0 saturated carbocycles. The van der Waals surface area contributed by atoms with Crippen LogP contribution in [0.5, 0.6) is 0 Å². The SMILES string of the molecule is Cc1ccc(C2=NC(=O)C(=Cc3sccc3C)S2)cc1. The van der Waals surface area contributed by atoms with E-state index in [9.17, 15) is 4.79 Å². The second-order valence-corrected chi connectivity index (χ2v) is 6.64. The zero-order chi connectivity index (χ0) is 14.1. The molecule has 1 aliphatic heterocycles. The first-order valence-corrected chi connectivity index (χ1v) is 7.97. The first kappa shape index (κ1) is 13.3. The molecule has 1 aromatic carbocycles. The van der Waals surface area contributed by atoms with E-state index in [0.717, 1.165) is 15.5 Å². The fraction of sp³-hybridized carbons (Fsp3) is 0.125. The minimum absolute atomic E-state index is 0.140. The summed E-state index contributed by atoms with van der Waals surface area (Å²) in [4.78, 5) is 18.0. The van der Waals surface area contributed by atoms with Crippen LogP contribution in [0.2, 0.25) is 0 Å². The third kappa shape index (κ3) is 2.62. The van der Waals surface area contributed by atoms with Crippen LogP contribution in [0.15, 0.2) is 45.6 Å². The third-order valence-electron chi connectivity index (χ3n) is 3.08. The summed E-state index contributed by atoms with van der Waals surface area (Å²) in [6.07, 6.45) is 1.94. The number of hydrogen-bond acceptors (Lipinski definition) is 3. The van der Waals surface area contributed by atoms with Crippen molar-refractivity contribution >= 4 is 40.1 Å². The summed E-state index contributed by atoms with van der Waals surface area (Å²) in [5.74, 6) is -0.140. The normalized spacial score (nSPS) is 16.8. The van der Waals surface area contributed by atoms with E-state index in [1.807, 2.05) is 42.6 Å². The Bertz CT molecular complexity index is 723. The van der Waals surface area contributed by atoms with Crippen LogP contribution < -0.4 is 0 Å². The average Bonchev–Trinajstić information content (AvgIpc) is 2.99. The van der Waals surface area contributed by atoms with Gasteiger partial charge in [0.1, 0.15) is 5.04 Å². The van der Waals surface area contributed by atoms with Crippen LogP contribution in [0.3, 0.4) is 0 Å². The number of thiophene rings is 1. The maximum Gasteiger partial charge on any atom is 0.284 e. The first-order valence-electron chi connectivity index (χ1n) is 6.27. The zero-order valence-electron chi connectivity index (χ0n) is 11.2. The molecule has 2 heterocycles.